The van der Waals surface area contributed by atoms with E-state index in [0.717, 1.165) is 0 Å². The van der Waals surface area contributed by atoms with Crippen molar-refractivity contribution in [3.05, 3.63) is 78.6 Å². The minimum atomic E-state index is 1.27. The van der Waals surface area contributed by atoms with E-state index in [9.17, 15) is 0 Å². The van der Waals surface area contributed by atoms with Crippen molar-refractivity contribution in [1.82, 2.24) is 4.57 Å². The summed E-state index contributed by atoms with van der Waals surface area (Å²) < 4.78 is 4.28. The predicted molar refractivity (Wildman–Crippen MR) is 92.8 cm³/mol. The van der Waals surface area contributed by atoms with E-state index in [2.05, 4.69) is 103 Å². The van der Waals surface area contributed by atoms with Gasteiger partial charge in [-0.05, 0) is 36.1 Å². The summed E-state index contributed by atoms with van der Waals surface area (Å²) in [5.74, 6) is 0. The second kappa shape index (κ2) is 6.02. The zero-order valence-corrected chi connectivity index (χ0v) is 13.3. The standard InChI is InChI=1S/C10H11N.C10H10N/c1-8-4-3-5-9-6-7-11(2)10(8)9;1-11-8-4-6-9-5-2-3-7-10(9)11/h3-7H,1-2H3;2-8H,1H3/q;+1. The summed E-state index contributed by atoms with van der Waals surface area (Å²) in [5.41, 5.74) is 3.96. The van der Waals surface area contributed by atoms with Gasteiger partial charge < -0.3 is 4.57 Å². The average Bonchev–Trinajstić information content (AvgIpc) is 2.91. The van der Waals surface area contributed by atoms with Gasteiger partial charge in [0.2, 0.25) is 5.52 Å². The minimum Gasteiger partial charge on any atom is -0.350 e. The molecule has 2 nitrogen and oxygen atoms in total. The first-order chi connectivity index (χ1) is 10.7. The highest BCUT2D eigenvalue weighted by Crippen LogP contribution is 2.17. The summed E-state index contributed by atoms with van der Waals surface area (Å²) in [7, 11) is 4.14. The van der Waals surface area contributed by atoms with Crippen molar-refractivity contribution in [1.29, 1.82) is 0 Å². The normalized spacial score (nSPS) is 10.5. The van der Waals surface area contributed by atoms with Crippen LogP contribution in [0.3, 0.4) is 0 Å². The topological polar surface area (TPSA) is 8.81 Å². The van der Waals surface area contributed by atoms with Crippen LogP contribution in [-0.2, 0) is 14.1 Å². The zero-order valence-electron chi connectivity index (χ0n) is 13.3. The second-order valence-corrected chi connectivity index (χ2v) is 5.62. The van der Waals surface area contributed by atoms with Crippen LogP contribution < -0.4 is 4.57 Å². The van der Waals surface area contributed by atoms with E-state index in [1.807, 2.05) is 0 Å². The quantitative estimate of drug-likeness (QED) is 0.430. The Morgan fingerprint density at radius 1 is 0.818 bits per heavy atom. The summed E-state index contributed by atoms with van der Waals surface area (Å²) in [6.07, 6.45) is 4.15. The Morgan fingerprint density at radius 2 is 1.55 bits per heavy atom. The van der Waals surface area contributed by atoms with Gasteiger partial charge in [0.25, 0.3) is 0 Å². The number of fused-ring (bicyclic) bond motifs is 2. The summed E-state index contributed by atoms with van der Waals surface area (Å²) in [6, 6.07) is 21.1. The van der Waals surface area contributed by atoms with E-state index in [1.54, 1.807) is 0 Å². The van der Waals surface area contributed by atoms with Gasteiger partial charge in [-0.1, -0.05) is 30.3 Å². The maximum absolute atomic E-state index is 2.16. The molecule has 0 aliphatic rings. The van der Waals surface area contributed by atoms with E-state index < -0.39 is 0 Å². The van der Waals surface area contributed by atoms with Gasteiger partial charge in [0, 0.05) is 30.8 Å². The van der Waals surface area contributed by atoms with Crippen LogP contribution in [0, 0.1) is 6.92 Å². The molecule has 0 unspecified atom stereocenters. The third kappa shape index (κ3) is 2.73. The Labute approximate surface area is 131 Å². The highest BCUT2D eigenvalue weighted by Gasteiger charge is 1.99. The molecule has 0 fully saturated rings. The molecule has 0 amide bonds. The first-order valence-electron chi connectivity index (χ1n) is 7.51. The van der Waals surface area contributed by atoms with Gasteiger partial charge in [0.15, 0.2) is 6.20 Å². The highest BCUT2D eigenvalue weighted by molar-refractivity contribution is 5.83. The molecule has 0 aliphatic heterocycles. The molecule has 0 spiro atoms. The van der Waals surface area contributed by atoms with Gasteiger partial charge in [-0.3, -0.25) is 0 Å². The Balaban J connectivity index is 0.000000131. The number of hydrogen-bond donors (Lipinski definition) is 0. The van der Waals surface area contributed by atoms with Crippen molar-refractivity contribution in [3.8, 4) is 0 Å². The summed E-state index contributed by atoms with van der Waals surface area (Å²) in [4.78, 5) is 0. The molecule has 0 bridgehead atoms. The molecule has 0 aliphatic carbocycles. The molecular weight excluding hydrogens is 268 g/mol. The summed E-state index contributed by atoms with van der Waals surface area (Å²) >= 11 is 0. The van der Waals surface area contributed by atoms with Crippen molar-refractivity contribution >= 4 is 21.8 Å². The molecule has 0 saturated carbocycles. The van der Waals surface area contributed by atoms with E-state index in [0.29, 0.717) is 0 Å². The molecular formula is C20H21N2+. The Morgan fingerprint density at radius 3 is 2.32 bits per heavy atom. The number of rotatable bonds is 0. The minimum absolute atomic E-state index is 1.27. The Bertz CT molecular complexity index is 914. The molecule has 4 rings (SSSR count). The van der Waals surface area contributed by atoms with Crippen LogP contribution >= 0.6 is 0 Å². The SMILES string of the molecule is C[n+]1cccc2ccccc21.Cc1cccc2ccn(C)c12. The van der Waals surface area contributed by atoms with E-state index in [-0.39, 0.29) is 0 Å². The van der Waals surface area contributed by atoms with E-state index in [1.165, 1.54) is 27.4 Å². The summed E-state index contributed by atoms with van der Waals surface area (Å²) in [6.45, 7) is 2.14. The molecule has 0 N–H and O–H groups in total. The van der Waals surface area contributed by atoms with Gasteiger partial charge in [0.1, 0.15) is 7.05 Å². The van der Waals surface area contributed by atoms with Crippen LogP contribution in [0.2, 0.25) is 0 Å². The van der Waals surface area contributed by atoms with Crippen LogP contribution in [0.25, 0.3) is 21.8 Å². The number of para-hydroxylation sites is 2. The average molecular weight is 289 g/mol. The largest absolute Gasteiger partial charge is 0.350 e. The molecule has 0 radical (unpaired) electrons. The van der Waals surface area contributed by atoms with Crippen molar-refractivity contribution in [2.45, 2.75) is 6.92 Å². The monoisotopic (exact) mass is 289 g/mol. The molecule has 2 heterocycles. The van der Waals surface area contributed by atoms with Crippen LogP contribution in [0.1, 0.15) is 5.56 Å². The molecule has 4 aromatic rings. The maximum atomic E-state index is 2.16. The smallest absolute Gasteiger partial charge is 0.212 e. The van der Waals surface area contributed by atoms with Crippen molar-refractivity contribution in [3.63, 3.8) is 0 Å². The van der Waals surface area contributed by atoms with Crippen molar-refractivity contribution in [2.24, 2.45) is 14.1 Å². The third-order valence-corrected chi connectivity index (χ3v) is 4.00. The second-order valence-electron chi connectivity index (χ2n) is 5.62. The fraction of sp³-hybridized carbons (Fsp3) is 0.150. The fourth-order valence-electron chi connectivity index (χ4n) is 2.87. The highest BCUT2D eigenvalue weighted by atomic mass is 14.9. The summed E-state index contributed by atoms with van der Waals surface area (Å²) in [5, 5.41) is 2.62. The van der Waals surface area contributed by atoms with E-state index >= 15 is 0 Å². The number of benzene rings is 2. The van der Waals surface area contributed by atoms with Gasteiger partial charge >= 0.3 is 0 Å². The Hall–Kier alpha value is -2.61. The molecule has 22 heavy (non-hydrogen) atoms. The van der Waals surface area contributed by atoms with Gasteiger partial charge in [0.05, 0.1) is 5.52 Å². The van der Waals surface area contributed by atoms with Gasteiger partial charge in [-0.25, -0.2) is 4.57 Å². The predicted octanol–water partition coefficient (Wildman–Crippen LogP) is 4.15. The number of pyridine rings is 1. The van der Waals surface area contributed by atoms with Gasteiger partial charge in [-0.2, -0.15) is 0 Å². The zero-order chi connectivity index (χ0) is 15.5. The molecule has 2 heteroatoms. The number of aromatic nitrogens is 2. The first-order valence-corrected chi connectivity index (χ1v) is 7.51. The lowest BCUT2D eigenvalue weighted by atomic mass is 10.2. The maximum Gasteiger partial charge on any atom is 0.212 e. The lowest BCUT2D eigenvalue weighted by Gasteiger charge is -1.98. The fourth-order valence-corrected chi connectivity index (χ4v) is 2.87. The molecule has 110 valence electrons. The van der Waals surface area contributed by atoms with Crippen molar-refractivity contribution < 1.29 is 4.57 Å². The van der Waals surface area contributed by atoms with Crippen LogP contribution in [0.15, 0.2) is 73.1 Å². The molecule has 0 saturated heterocycles. The lowest BCUT2D eigenvalue weighted by Crippen LogP contribution is -2.27. The van der Waals surface area contributed by atoms with Crippen LogP contribution in [0.5, 0.6) is 0 Å². The Kier molecular flexibility index (Phi) is 3.92. The van der Waals surface area contributed by atoms with Crippen molar-refractivity contribution in [2.75, 3.05) is 0 Å². The lowest BCUT2D eigenvalue weighted by molar-refractivity contribution is -0.644. The molecule has 2 aromatic carbocycles. The number of aryl methyl sites for hydroxylation is 3. The molecule has 0 atom stereocenters. The number of nitrogens with zero attached hydrogens (tertiary/aromatic N) is 2. The van der Waals surface area contributed by atoms with Crippen LogP contribution in [0.4, 0.5) is 0 Å². The van der Waals surface area contributed by atoms with Gasteiger partial charge in [-0.15, -0.1) is 0 Å². The van der Waals surface area contributed by atoms with E-state index in [4.69, 9.17) is 0 Å². The number of hydrogen-bond acceptors (Lipinski definition) is 0. The first kappa shape index (κ1) is 14.3. The molecule has 2 aromatic heterocycles. The van der Waals surface area contributed by atoms with Crippen LogP contribution in [-0.4, -0.2) is 4.57 Å². The third-order valence-electron chi connectivity index (χ3n) is 4.00.